The monoisotopic (exact) mass is 735 g/mol. The number of hydrogen-bond acceptors (Lipinski definition) is 9. The number of nitro benzene ring substituents is 1. The maximum atomic E-state index is 16.4. The molecule has 0 saturated carbocycles. The maximum absolute atomic E-state index is 16.4. The number of nitrogens with zero attached hydrogens (tertiary/aromatic N) is 4. The molecular formula is C36H32Cl2FN5O7. The lowest BCUT2D eigenvalue weighted by Crippen LogP contribution is -2.54. The maximum Gasteiger partial charge on any atom is 0.338 e. The number of likely N-dealkylation sites (tertiary alicyclic amines) is 1. The summed E-state index contributed by atoms with van der Waals surface area (Å²) < 4.78 is 26.9. The molecule has 3 aliphatic heterocycles. The summed E-state index contributed by atoms with van der Waals surface area (Å²) in [5.41, 5.74) is -1.79. The lowest BCUT2D eigenvalue weighted by Gasteiger charge is -2.41. The van der Waals surface area contributed by atoms with Crippen molar-refractivity contribution in [2.75, 3.05) is 37.0 Å². The molecule has 0 radical (unpaired) electrons. The predicted octanol–water partition coefficient (Wildman–Crippen LogP) is 6.39. The van der Waals surface area contributed by atoms with Gasteiger partial charge < -0.3 is 19.7 Å². The number of amides is 2. The van der Waals surface area contributed by atoms with Crippen molar-refractivity contribution in [1.29, 1.82) is 0 Å². The van der Waals surface area contributed by atoms with E-state index in [1.807, 2.05) is 30.1 Å². The number of nitro groups is 1. The third-order valence-electron chi connectivity index (χ3n) is 10.2. The normalized spacial score (nSPS) is 25.4. The van der Waals surface area contributed by atoms with E-state index in [0.29, 0.717) is 24.4 Å². The molecule has 1 N–H and O–H groups in total. The van der Waals surface area contributed by atoms with Gasteiger partial charge in [0.2, 0.25) is 5.91 Å². The lowest BCUT2D eigenvalue weighted by molar-refractivity contribution is -0.384. The number of ether oxygens (including phenoxy) is 2. The number of hydrogen-bond donors (Lipinski definition) is 1. The highest BCUT2D eigenvalue weighted by Crippen LogP contribution is 2.62. The zero-order valence-electron chi connectivity index (χ0n) is 27.5. The zero-order chi connectivity index (χ0) is 36.2. The Hall–Kier alpha value is -4.85. The van der Waals surface area contributed by atoms with Gasteiger partial charge in [-0.3, -0.25) is 24.6 Å². The van der Waals surface area contributed by atoms with E-state index in [4.69, 9.17) is 32.7 Å². The smallest absolute Gasteiger partial charge is 0.338 e. The SMILES string of the molecule is CCOC1=CC(CN2[C@H]3CCN(c4ccc(C(=O)OC)cc4[N+](=O)[O-])C(=O)[C@H]3[C@H](c3cccc(Cl)c3F)[C@]23C(=O)Nc2nc(Cl)ccc23)CC=C1. The summed E-state index contributed by atoms with van der Waals surface area (Å²) in [6.45, 7) is 2.65. The summed E-state index contributed by atoms with van der Waals surface area (Å²) in [6, 6.07) is 10.8. The van der Waals surface area contributed by atoms with E-state index in [0.717, 1.165) is 13.2 Å². The van der Waals surface area contributed by atoms with E-state index in [-0.39, 0.29) is 58.2 Å². The molecule has 12 nitrogen and oxygen atoms in total. The highest BCUT2D eigenvalue weighted by atomic mass is 35.5. The van der Waals surface area contributed by atoms with Crippen molar-refractivity contribution < 1.29 is 33.2 Å². The van der Waals surface area contributed by atoms with E-state index < -0.39 is 57.6 Å². The summed E-state index contributed by atoms with van der Waals surface area (Å²) in [5.74, 6) is -4.18. The van der Waals surface area contributed by atoms with Crippen molar-refractivity contribution in [1.82, 2.24) is 9.88 Å². The van der Waals surface area contributed by atoms with Crippen LogP contribution in [0.2, 0.25) is 10.2 Å². The van der Waals surface area contributed by atoms with Gasteiger partial charge in [-0.1, -0.05) is 41.4 Å². The summed E-state index contributed by atoms with van der Waals surface area (Å²) in [5, 5.41) is 15.1. The molecule has 5 atom stereocenters. The molecule has 2 saturated heterocycles. The van der Waals surface area contributed by atoms with Crippen molar-refractivity contribution >= 4 is 58.2 Å². The van der Waals surface area contributed by atoms with Crippen LogP contribution < -0.4 is 10.2 Å². The quantitative estimate of drug-likeness (QED) is 0.121. The number of esters is 1. The van der Waals surface area contributed by atoms with Crippen LogP contribution in [0.15, 0.2) is 72.5 Å². The third kappa shape index (κ3) is 5.54. The number of rotatable bonds is 8. The molecule has 1 aliphatic carbocycles. The van der Waals surface area contributed by atoms with E-state index >= 15 is 9.18 Å². The highest BCUT2D eigenvalue weighted by molar-refractivity contribution is 6.31. The molecule has 3 aromatic rings. The number of halogens is 3. The van der Waals surface area contributed by atoms with Crippen LogP contribution in [0.1, 0.15) is 47.2 Å². The van der Waals surface area contributed by atoms with Crippen LogP contribution in [0, 0.1) is 27.8 Å². The molecule has 7 rings (SSSR count). The largest absolute Gasteiger partial charge is 0.494 e. The Morgan fingerprint density at radius 2 is 2.00 bits per heavy atom. The van der Waals surface area contributed by atoms with Gasteiger partial charge in [-0.05, 0) is 73.7 Å². The van der Waals surface area contributed by atoms with Gasteiger partial charge in [-0.25, -0.2) is 14.2 Å². The molecular weight excluding hydrogens is 704 g/mol. The fourth-order valence-corrected chi connectivity index (χ4v) is 8.59. The second-order valence-corrected chi connectivity index (χ2v) is 13.5. The minimum atomic E-state index is -1.67. The summed E-state index contributed by atoms with van der Waals surface area (Å²) in [6.07, 6.45) is 6.73. The first-order chi connectivity index (χ1) is 24.5. The molecule has 4 aliphatic rings. The molecule has 4 heterocycles. The Bertz CT molecular complexity index is 2040. The first-order valence-electron chi connectivity index (χ1n) is 16.4. The van der Waals surface area contributed by atoms with Crippen LogP contribution in [-0.4, -0.2) is 65.4 Å². The van der Waals surface area contributed by atoms with Crippen LogP contribution in [0.5, 0.6) is 0 Å². The van der Waals surface area contributed by atoms with Crippen LogP contribution in [-0.2, 0) is 24.6 Å². The van der Waals surface area contributed by atoms with E-state index in [1.54, 1.807) is 18.2 Å². The Balaban J connectivity index is 1.44. The molecule has 264 valence electrons. The van der Waals surface area contributed by atoms with Crippen molar-refractivity contribution in [3.8, 4) is 0 Å². The van der Waals surface area contributed by atoms with Crippen molar-refractivity contribution in [2.24, 2.45) is 11.8 Å². The first kappa shape index (κ1) is 34.6. The van der Waals surface area contributed by atoms with Crippen LogP contribution in [0.3, 0.4) is 0 Å². The molecule has 51 heavy (non-hydrogen) atoms. The number of aromatic nitrogens is 1. The summed E-state index contributed by atoms with van der Waals surface area (Å²) >= 11 is 12.7. The van der Waals surface area contributed by atoms with Crippen molar-refractivity contribution in [3.05, 3.63) is 115 Å². The van der Waals surface area contributed by atoms with Gasteiger partial charge in [0.05, 0.1) is 35.1 Å². The average Bonchev–Trinajstić information content (AvgIpc) is 3.56. The van der Waals surface area contributed by atoms with Gasteiger partial charge in [0.15, 0.2) is 0 Å². The van der Waals surface area contributed by atoms with Gasteiger partial charge in [0, 0.05) is 36.7 Å². The van der Waals surface area contributed by atoms with E-state index in [9.17, 15) is 19.7 Å². The molecule has 0 bridgehead atoms. The number of allylic oxidation sites excluding steroid dienone is 2. The second-order valence-electron chi connectivity index (χ2n) is 12.7. The fraction of sp³-hybridized carbons (Fsp3) is 0.333. The van der Waals surface area contributed by atoms with Crippen LogP contribution in [0.4, 0.5) is 21.6 Å². The standard InChI is InChI=1S/C36H32Cl2FN5O7/c1-3-51-21-7-4-6-19(16-21)18-43-26-14-15-42(25-12-10-20(34(46)50-2)17-27(25)44(48)49)33(45)29(26)30(22-8-5-9-24(37)31(22)39)36(43)23-11-13-28(38)40-32(23)41-35(36)47/h4-5,7-13,16-17,19,26,29-30H,3,6,14-15,18H2,1-2H3,(H,40,41,47)/t19?,26-,29+,30-,36+/m0/s1. The lowest BCUT2D eigenvalue weighted by atomic mass is 9.70. The van der Waals surface area contributed by atoms with Gasteiger partial charge in [0.1, 0.15) is 33.8 Å². The zero-order valence-corrected chi connectivity index (χ0v) is 29.0. The number of fused-ring (bicyclic) bond motifs is 3. The topological polar surface area (TPSA) is 144 Å². The Morgan fingerprint density at radius 1 is 1.20 bits per heavy atom. The number of carbonyl (C=O) groups is 3. The number of piperidine rings is 1. The predicted molar refractivity (Wildman–Crippen MR) is 186 cm³/mol. The Labute approximate surface area is 302 Å². The van der Waals surface area contributed by atoms with Crippen LogP contribution in [0.25, 0.3) is 0 Å². The summed E-state index contributed by atoms with van der Waals surface area (Å²) in [4.78, 5) is 61.4. The van der Waals surface area contributed by atoms with E-state index in [1.165, 1.54) is 29.2 Å². The Morgan fingerprint density at radius 3 is 2.75 bits per heavy atom. The van der Waals surface area contributed by atoms with Crippen molar-refractivity contribution in [2.45, 2.75) is 37.3 Å². The second kappa shape index (κ2) is 13.4. The minimum Gasteiger partial charge on any atom is -0.494 e. The number of carbonyl (C=O) groups excluding carboxylic acids is 3. The molecule has 2 fully saturated rings. The molecule has 1 unspecified atom stereocenters. The van der Waals surface area contributed by atoms with Gasteiger partial charge >= 0.3 is 5.97 Å². The third-order valence-corrected chi connectivity index (χ3v) is 10.7. The van der Waals surface area contributed by atoms with Crippen molar-refractivity contribution in [3.63, 3.8) is 0 Å². The minimum absolute atomic E-state index is 0.0354. The Kier molecular flexibility index (Phi) is 9.06. The number of methoxy groups -OCH3 is 1. The summed E-state index contributed by atoms with van der Waals surface area (Å²) in [7, 11) is 1.16. The van der Waals surface area contributed by atoms with Gasteiger partial charge in [-0.2, -0.15) is 0 Å². The van der Waals surface area contributed by atoms with E-state index in [2.05, 4.69) is 10.3 Å². The number of pyridine rings is 1. The number of nitrogens with one attached hydrogen (secondary N) is 1. The van der Waals surface area contributed by atoms with Crippen LogP contribution >= 0.6 is 23.2 Å². The van der Waals surface area contributed by atoms with Gasteiger partial charge in [-0.15, -0.1) is 0 Å². The fourth-order valence-electron chi connectivity index (χ4n) is 8.27. The first-order valence-corrected chi connectivity index (χ1v) is 17.1. The average molecular weight is 737 g/mol. The molecule has 2 aromatic carbocycles. The number of benzene rings is 2. The number of anilines is 2. The van der Waals surface area contributed by atoms with Gasteiger partial charge in [0.25, 0.3) is 11.6 Å². The molecule has 15 heteroatoms. The highest BCUT2D eigenvalue weighted by Gasteiger charge is 2.70. The molecule has 2 amide bonds. The molecule has 1 aromatic heterocycles. The molecule has 1 spiro atoms.